The second kappa shape index (κ2) is 8.81. The second-order valence-electron chi connectivity index (χ2n) is 4.96. The van der Waals surface area contributed by atoms with Crippen LogP contribution in [0.5, 0.6) is 5.75 Å². The molecular weight excluding hydrogens is 286 g/mol. The van der Waals surface area contributed by atoms with E-state index in [-0.39, 0.29) is 24.5 Å². The molecule has 6 heteroatoms. The first-order valence-corrected chi connectivity index (χ1v) is 7.10. The number of hydrogen-bond donors (Lipinski definition) is 2. The van der Waals surface area contributed by atoms with E-state index in [1.54, 1.807) is 18.2 Å². The third-order valence-electron chi connectivity index (χ3n) is 3.18. The molecule has 0 aliphatic rings. The van der Waals surface area contributed by atoms with E-state index in [1.165, 1.54) is 14.0 Å². The minimum atomic E-state index is -0.836. The highest BCUT2D eigenvalue weighted by atomic mass is 16.5. The van der Waals surface area contributed by atoms with Crippen molar-refractivity contribution in [2.24, 2.45) is 0 Å². The zero-order valence-corrected chi connectivity index (χ0v) is 12.8. The largest absolute Gasteiger partial charge is 0.496 e. The molecule has 0 radical (unpaired) electrons. The van der Waals surface area contributed by atoms with Gasteiger partial charge in [0, 0.05) is 24.1 Å². The van der Waals surface area contributed by atoms with Crippen LogP contribution in [0.3, 0.4) is 0 Å². The number of carboxylic acids is 1. The van der Waals surface area contributed by atoms with Crippen molar-refractivity contribution in [3.05, 3.63) is 29.3 Å². The Balaban J connectivity index is 2.54. The molecule has 0 unspecified atom stereocenters. The molecule has 1 aromatic rings. The van der Waals surface area contributed by atoms with Gasteiger partial charge in [-0.25, -0.2) is 0 Å². The number of ketones is 1. The molecule has 0 aromatic heterocycles. The number of unbranched alkanes of at least 4 members (excludes halogenated alkanes) is 1. The van der Waals surface area contributed by atoms with E-state index in [2.05, 4.69) is 5.32 Å². The number of nitrogens with one attached hydrogen (secondary N) is 1. The van der Waals surface area contributed by atoms with E-state index < -0.39 is 5.97 Å². The molecule has 0 atom stereocenters. The van der Waals surface area contributed by atoms with Crippen molar-refractivity contribution in [3.8, 4) is 5.75 Å². The quantitative estimate of drug-likeness (QED) is 0.536. The Morgan fingerprint density at radius 3 is 2.55 bits per heavy atom. The SMILES string of the molecule is COc1ccc(C(C)=O)cc1CC(=O)NCCCCC(=O)O. The average molecular weight is 307 g/mol. The molecule has 0 saturated carbocycles. The number of carbonyl (C=O) groups excluding carboxylic acids is 2. The highest BCUT2D eigenvalue weighted by Gasteiger charge is 2.11. The maximum atomic E-state index is 11.9. The predicted molar refractivity (Wildman–Crippen MR) is 81.2 cm³/mol. The smallest absolute Gasteiger partial charge is 0.303 e. The molecule has 1 aromatic carbocycles. The molecule has 0 saturated heterocycles. The molecule has 22 heavy (non-hydrogen) atoms. The summed E-state index contributed by atoms with van der Waals surface area (Å²) in [6, 6.07) is 4.99. The van der Waals surface area contributed by atoms with Crippen LogP contribution in [0.2, 0.25) is 0 Å². The number of hydrogen-bond acceptors (Lipinski definition) is 4. The molecule has 0 aliphatic heterocycles. The van der Waals surface area contributed by atoms with Crippen LogP contribution >= 0.6 is 0 Å². The van der Waals surface area contributed by atoms with Crippen molar-refractivity contribution < 1.29 is 24.2 Å². The Hall–Kier alpha value is -2.37. The van der Waals surface area contributed by atoms with Gasteiger partial charge in [-0.1, -0.05) is 0 Å². The molecule has 0 heterocycles. The highest BCUT2D eigenvalue weighted by Crippen LogP contribution is 2.20. The van der Waals surface area contributed by atoms with E-state index in [0.29, 0.717) is 36.3 Å². The van der Waals surface area contributed by atoms with Crippen LogP contribution < -0.4 is 10.1 Å². The monoisotopic (exact) mass is 307 g/mol. The number of carbonyl (C=O) groups is 3. The third kappa shape index (κ3) is 5.95. The summed E-state index contributed by atoms with van der Waals surface area (Å²) in [4.78, 5) is 33.6. The van der Waals surface area contributed by atoms with Crippen LogP contribution in [0.1, 0.15) is 42.1 Å². The lowest BCUT2D eigenvalue weighted by molar-refractivity contribution is -0.137. The van der Waals surface area contributed by atoms with Gasteiger partial charge in [-0.05, 0) is 38.0 Å². The molecule has 1 amide bonds. The minimum Gasteiger partial charge on any atom is -0.496 e. The summed E-state index contributed by atoms with van der Waals surface area (Å²) in [6.45, 7) is 1.90. The molecule has 0 spiro atoms. The summed E-state index contributed by atoms with van der Waals surface area (Å²) in [5.74, 6) is -0.532. The van der Waals surface area contributed by atoms with E-state index in [0.717, 1.165) is 0 Å². The van der Waals surface area contributed by atoms with Gasteiger partial charge in [-0.3, -0.25) is 14.4 Å². The van der Waals surface area contributed by atoms with Crippen LogP contribution in [0.25, 0.3) is 0 Å². The van der Waals surface area contributed by atoms with Crippen molar-refractivity contribution in [2.75, 3.05) is 13.7 Å². The summed E-state index contributed by atoms with van der Waals surface area (Å²) in [5.41, 5.74) is 1.18. The molecule has 0 aliphatic carbocycles. The van der Waals surface area contributed by atoms with Gasteiger partial charge in [-0.15, -0.1) is 0 Å². The Labute approximate surface area is 129 Å². The van der Waals surface area contributed by atoms with Crippen LogP contribution in [0.15, 0.2) is 18.2 Å². The second-order valence-corrected chi connectivity index (χ2v) is 4.96. The van der Waals surface area contributed by atoms with Crippen molar-refractivity contribution in [3.63, 3.8) is 0 Å². The standard InChI is InChI=1S/C16H21NO5/c1-11(18)12-6-7-14(22-2)13(9-12)10-15(19)17-8-4-3-5-16(20)21/h6-7,9H,3-5,8,10H2,1-2H3,(H,17,19)(H,20,21). The number of carboxylic acid groups (broad SMARTS) is 1. The van der Waals surface area contributed by atoms with Gasteiger partial charge < -0.3 is 15.2 Å². The maximum absolute atomic E-state index is 11.9. The first-order chi connectivity index (χ1) is 10.4. The first kappa shape index (κ1) is 17.7. The van der Waals surface area contributed by atoms with Gasteiger partial charge in [0.15, 0.2) is 5.78 Å². The van der Waals surface area contributed by atoms with Crippen molar-refractivity contribution in [1.29, 1.82) is 0 Å². The van der Waals surface area contributed by atoms with E-state index >= 15 is 0 Å². The highest BCUT2D eigenvalue weighted by molar-refractivity contribution is 5.94. The molecule has 120 valence electrons. The Kier molecular flexibility index (Phi) is 7.08. The molecule has 1 rings (SSSR count). The van der Waals surface area contributed by atoms with Crippen molar-refractivity contribution >= 4 is 17.7 Å². The molecule has 0 bridgehead atoms. The van der Waals surface area contributed by atoms with Crippen LogP contribution in [-0.4, -0.2) is 36.4 Å². The first-order valence-electron chi connectivity index (χ1n) is 7.10. The summed E-state index contributed by atoms with van der Waals surface area (Å²) in [6.07, 6.45) is 1.36. The lowest BCUT2D eigenvalue weighted by atomic mass is 10.0. The van der Waals surface area contributed by atoms with Crippen LogP contribution in [0, 0.1) is 0 Å². The number of Topliss-reactive ketones (excluding diaryl/α,β-unsaturated/α-hetero) is 1. The van der Waals surface area contributed by atoms with Gasteiger partial charge >= 0.3 is 5.97 Å². The molecule has 6 nitrogen and oxygen atoms in total. The lowest BCUT2D eigenvalue weighted by Gasteiger charge is -2.10. The fourth-order valence-corrected chi connectivity index (χ4v) is 2.00. The summed E-state index contributed by atoms with van der Waals surface area (Å²) < 4.78 is 5.19. The number of benzene rings is 1. The number of rotatable bonds is 9. The summed E-state index contributed by atoms with van der Waals surface area (Å²) in [5, 5.41) is 11.2. The summed E-state index contributed by atoms with van der Waals surface area (Å²) in [7, 11) is 1.51. The van der Waals surface area contributed by atoms with Crippen LogP contribution in [-0.2, 0) is 16.0 Å². The molecule has 0 fully saturated rings. The zero-order chi connectivity index (χ0) is 16.5. The topological polar surface area (TPSA) is 92.7 Å². The van der Waals surface area contributed by atoms with Crippen LogP contribution in [0.4, 0.5) is 0 Å². The molecule has 2 N–H and O–H groups in total. The van der Waals surface area contributed by atoms with E-state index in [4.69, 9.17) is 9.84 Å². The third-order valence-corrected chi connectivity index (χ3v) is 3.18. The molecular formula is C16H21NO5. The number of aliphatic carboxylic acids is 1. The number of amides is 1. The van der Waals surface area contributed by atoms with E-state index in [1.807, 2.05) is 0 Å². The van der Waals surface area contributed by atoms with Gasteiger partial charge in [-0.2, -0.15) is 0 Å². The fraction of sp³-hybridized carbons (Fsp3) is 0.438. The summed E-state index contributed by atoms with van der Waals surface area (Å²) >= 11 is 0. The Morgan fingerprint density at radius 2 is 1.95 bits per heavy atom. The maximum Gasteiger partial charge on any atom is 0.303 e. The van der Waals surface area contributed by atoms with Crippen molar-refractivity contribution in [1.82, 2.24) is 5.32 Å². The van der Waals surface area contributed by atoms with Crippen molar-refractivity contribution in [2.45, 2.75) is 32.6 Å². The normalized spacial score (nSPS) is 10.1. The van der Waals surface area contributed by atoms with Gasteiger partial charge in [0.2, 0.25) is 5.91 Å². The number of ether oxygens (including phenoxy) is 1. The van der Waals surface area contributed by atoms with Gasteiger partial charge in [0.25, 0.3) is 0 Å². The Bertz CT molecular complexity index is 553. The van der Waals surface area contributed by atoms with E-state index in [9.17, 15) is 14.4 Å². The number of methoxy groups -OCH3 is 1. The lowest BCUT2D eigenvalue weighted by Crippen LogP contribution is -2.26. The zero-order valence-electron chi connectivity index (χ0n) is 12.8. The fourth-order valence-electron chi connectivity index (χ4n) is 2.00. The Morgan fingerprint density at radius 1 is 1.23 bits per heavy atom. The minimum absolute atomic E-state index is 0.0713. The van der Waals surface area contributed by atoms with Gasteiger partial charge in [0.1, 0.15) is 5.75 Å². The average Bonchev–Trinajstić information content (AvgIpc) is 2.46. The predicted octanol–water partition coefficient (Wildman–Crippen LogP) is 1.81. The van der Waals surface area contributed by atoms with Gasteiger partial charge in [0.05, 0.1) is 13.5 Å².